The number of carboxylic acids is 1. The monoisotopic (exact) mass is 280 g/mol. The average molecular weight is 280 g/mol. The molecule has 0 spiro atoms. The van der Waals surface area contributed by atoms with Gasteiger partial charge in [-0.15, -0.1) is 0 Å². The third kappa shape index (κ3) is 3.17. The molecule has 0 radical (unpaired) electrons. The summed E-state index contributed by atoms with van der Waals surface area (Å²) in [7, 11) is 0. The Hall–Kier alpha value is -1.88. The molecule has 0 bridgehead atoms. The molecule has 1 rings (SSSR count). The highest BCUT2D eigenvalue weighted by Gasteiger charge is 2.50. The molecule has 0 aliphatic heterocycles. The molecule has 0 saturated heterocycles. The minimum Gasteiger partial charge on any atom is -0.480 e. The van der Waals surface area contributed by atoms with E-state index in [4.69, 9.17) is 9.47 Å². The first kappa shape index (κ1) is 16.2. The van der Waals surface area contributed by atoms with Crippen LogP contribution in [0.4, 0.5) is 0 Å². The first-order valence-electron chi connectivity index (χ1n) is 6.54. The van der Waals surface area contributed by atoms with Crippen LogP contribution in [0, 0.1) is 6.92 Å². The molecule has 1 atom stereocenters. The zero-order valence-electron chi connectivity index (χ0n) is 12.0. The van der Waals surface area contributed by atoms with Gasteiger partial charge in [0, 0.05) is 6.61 Å². The van der Waals surface area contributed by atoms with E-state index in [-0.39, 0.29) is 13.2 Å². The van der Waals surface area contributed by atoms with Crippen LogP contribution in [0.25, 0.3) is 0 Å². The van der Waals surface area contributed by atoms with Gasteiger partial charge in [0.1, 0.15) is 0 Å². The van der Waals surface area contributed by atoms with E-state index in [1.54, 1.807) is 38.1 Å². The number of hydrogen-bond donors (Lipinski definition) is 1. The predicted molar refractivity (Wildman–Crippen MR) is 73.6 cm³/mol. The number of ether oxygens (including phenoxy) is 2. The Morgan fingerprint density at radius 2 is 1.75 bits per heavy atom. The number of carboxylic acid groups (broad SMARTS) is 1. The molecule has 1 aromatic carbocycles. The second-order valence-electron chi connectivity index (χ2n) is 4.43. The Kier molecular flexibility index (Phi) is 5.70. The third-order valence-electron chi connectivity index (χ3n) is 3.06. The van der Waals surface area contributed by atoms with Crippen molar-refractivity contribution < 1.29 is 24.2 Å². The van der Waals surface area contributed by atoms with Crippen molar-refractivity contribution in [2.24, 2.45) is 0 Å². The number of rotatable bonds is 7. The zero-order valence-corrected chi connectivity index (χ0v) is 12.0. The van der Waals surface area contributed by atoms with E-state index in [2.05, 4.69) is 0 Å². The fourth-order valence-electron chi connectivity index (χ4n) is 1.88. The van der Waals surface area contributed by atoms with Gasteiger partial charge in [-0.1, -0.05) is 29.8 Å². The lowest BCUT2D eigenvalue weighted by molar-refractivity contribution is -0.165. The summed E-state index contributed by atoms with van der Waals surface area (Å²) in [6.45, 7) is 5.46. The van der Waals surface area contributed by atoms with Crippen LogP contribution >= 0.6 is 0 Å². The van der Waals surface area contributed by atoms with Gasteiger partial charge in [-0.05, 0) is 26.3 Å². The third-order valence-corrected chi connectivity index (χ3v) is 3.06. The van der Waals surface area contributed by atoms with E-state index in [9.17, 15) is 14.7 Å². The van der Waals surface area contributed by atoms with E-state index in [1.807, 2.05) is 6.92 Å². The lowest BCUT2D eigenvalue weighted by Crippen LogP contribution is -2.49. The maximum Gasteiger partial charge on any atom is 0.330 e. The molecule has 5 nitrogen and oxygen atoms in total. The first-order chi connectivity index (χ1) is 9.48. The second kappa shape index (κ2) is 7.05. The highest BCUT2D eigenvalue weighted by atomic mass is 16.5. The summed E-state index contributed by atoms with van der Waals surface area (Å²) in [5.41, 5.74) is -0.476. The van der Waals surface area contributed by atoms with Gasteiger partial charge in [0.15, 0.2) is 0 Å². The van der Waals surface area contributed by atoms with Gasteiger partial charge in [-0.25, -0.2) is 0 Å². The van der Waals surface area contributed by atoms with Crippen LogP contribution in [0.1, 0.15) is 25.0 Å². The number of benzene rings is 1. The van der Waals surface area contributed by atoms with Crippen LogP contribution in [0.5, 0.6) is 0 Å². The van der Waals surface area contributed by atoms with Crippen molar-refractivity contribution >= 4 is 11.9 Å². The van der Waals surface area contributed by atoms with Gasteiger partial charge < -0.3 is 14.6 Å². The Balaban J connectivity index is 3.31. The van der Waals surface area contributed by atoms with Gasteiger partial charge in [-0.2, -0.15) is 0 Å². The van der Waals surface area contributed by atoms with Crippen molar-refractivity contribution in [3.8, 4) is 0 Å². The molecule has 0 amide bonds. The molecule has 1 aromatic rings. The fraction of sp³-hybridized carbons (Fsp3) is 0.467. The Labute approximate surface area is 118 Å². The minimum absolute atomic E-state index is 0.117. The Morgan fingerprint density at radius 3 is 2.20 bits per heavy atom. The van der Waals surface area contributed by atoms with E-state index >= 15 is 0 Å². The molecule has 110 valence electrons. The molecule has 1 unspecified atom stereocenters. The molecule has 0 saturated carbocycles. The van der Waals surface area contributed by atoms with Crippen LogP contribution < -0.4 is 0 Å². The van der Waals surface area contributed by atoms with Gasteiger partial charge in [0.25, 0.3) is 0 Å². The summed E-state index contributed by atoms with van der Waals surface area (Å²) >= 11 is 0. The molecule has 0 fully saturated rings. The topological polar surface area (TPSA) is 72.8 Å². The number of carbonyl (C=O) groups is 2. The lowest BCUT2D eigenvalue weighted by atomic mass is 9.81. The number of aliphatic carboxylic acids is 1. The van der Waals surface area contributed by atoms with E-state index < -0.39 is 17.4 Å². The quantitative estimate of drug-likeness (QED) is 0.610. The molecule has 1 N–H and O–H groups in total. The number of hydrogen-bond acceptors (Lipinski definition) is 4. The van der Waals surface area contributed by atoms with Crippen molar-refractivity contribution in [2.45, 2.75) is 26.2 Å². The van der Waals surface area contributed by atoms with Crippen molar-refractivity contribution in [1.82, 2.24) is 0 Å². The molecule has 5 heteroatoms. The van der Waals surface area contributed by atoms with Gasteiger partial charge in [0.2, 0.25) is 5.41 Å². The van der Waals surface area contributed by atoms with E-state index in [1.165, 1.54) is 0 Å². The first-order valence-corrected chi connectivity index (χ1v) is 6.54. The number of carbonyl (C=O) groups excluding carboxylic acids is 1. The molecular formula is C15H20O5. The minimum atomic E-state index is -1.82. The SMILES string of the molecule is CCOCC(C(=O)O)(C(=O)OCC)c1ccc(C)cc1. The summed E-state index contributed by atoms with van der Waals surface area (Å²) in [6.07, 6.45) is 0. The standard InChI is InChI=1S/C15H20O5/c1-4-19-10-15(13(16)17,14(18)20-5-2)12-8-6-11(3)7-9-12/h6-9H,4-5,10H2,1-3H3,(H,16,17). The molecule has 20 heavy (non-hydrogen) atoms. The smallest absolute Gasteiger partial charge is 0.330 e. The van der Waals surface area contributed by atoms with Crippen LogP contribution in [0.3, 0.4) is 0 Å². The van der Waals surface area contributed by atoms with Crippen molar-refractivity contribution in [3.05, 3.63) is 35.4 Å². The van der Waals surface area contributed by atoms with Crippen LogP contribution in [0.2, 0.25) is 0 Å². The van der Waals surface area contributed by atoms with Crippen molar-refractivity contribution in [2.75, 3.05) is 19.8 Å². The zero-order chi connectivity index (χ0) is 15.2. The van der Waals surface area contributed by atoms with Crippen LogP contribution in [-0.2, 0) is 24.5 Å². The summed E-state index contributed by atoms with van der Waals surface area (Å²) in [5, 5.41) is 9.59. The largest absolute Gasteiger partial charge is 0.480 e. The Bertz CT molecular complexity index is 466. The molecule has 0 heterocycles. The summed E-state index contributed by atoms with van der Waals surface area (Å²) in [6, 6.07) is 6.77. The van der Waals surface area contributed by atoms with Crippen molar-refractivity contribution in [1.29, 1.82) is 0 Å². The van der Waals surface area contributed by atoms with E-state index in [0.717, 1.165) is 5.56 Å². The summed E-state index contributed by atoms with van der Waals surface area (Å²) < 4.78 is 10.2. The normalized spacial score (nSPS) is 13.6. The van der Waals surface area contributed by atoms with Gasteiger partial charge >= 0.3 is 11.9 Å². The number of aryl methyl sites for hydroxylation is 1. The predicted octanol–water partition coefficient (Wildman–Crippen LogP) is 1.92. The van der Waals surface area contributed by atoms with Gasteiger partial charge in [-0.3, -0.25) is 9.59 Å². The molecule has 0 aliphatic carbocycles. The highest BCUT2D eigenvalue weighted by Crippen LogP contribution is 2.28. The highest BCUT2D eigenvalue weighted by molar-refractivity contribution is 6.05. The van der Waals surface area contributed by atoms with Crippen LogP contribution in [0.15, 0.2) is 24.3 Å². The van der Waals surface area contributed by atoms with Crippen molar-refractivity contribution in [3.63, 3.8) is 0 Å². The summed E-state index contributed by atoms with van der Waals surface area (Å²) in [5.74, 6) is -2.07. The maximum atomic E-state index is 12.2. The maximum absolute atomic E-state index is 12.2. The summed E-state index contributed by atoms with van der Waals surface area (Å²) in [4.78, 5) is 24.0. The second-order valence-corrected chi connectivity index (χ2v) is 4.43. The van der Waals surface area contributed by atoms with Crippen LogP contribution in [-0.4, -0.2) is 36.9 Å². The van der Waals surface area contributed by atoms with Gasteiger partial charge in [0.05, 0.1) is 13.2 Å². The fourth-order valence-corrected chi connectivity index (χ4v) is 1.88. The van der Waals surface area contributed by atoms with E-state index in [0.29, 0.717) is 12.2 Å². The number of esters is 1. The molecule has 0 aliphatic rings. The molecule has 0 aromatic heterocycles. The average Bonchev–Trinajstić information content (AvgIpc) is 2.41. The Morgan fingerprint density at radius 1 is 1.15 bits per heavy atom. The lowest BCUT2D eigenvalue weighted by Gasteiger charge is -2.27. The molecular weight excluding hydrogens is 260 g/mol.